The predicted molar refractivity (Wildman–Crippen MR) is 83.1 cm³/mol. The van der Waals surface area contributed by atoms with Gasteiger partial charge >= 0.3 is 0 Å². The maximum atomic E-state index is 2.30. The summed E-state index contributed by atoms with van der Waals surface area (Å²) in [5.74, 6) is 0. The molecule has 0 saturated carbocycles. The zero-order valence-electron chi connectivity index (χ0n) is 13.0. The molecule has 2 aromatic rings. The Morgan fingerprint density at radius 1 is 0.800 bits per heavy atom. The van der Waals surface area contributed by atoms with Crippen molar-refractivity contribution in [2.24, 2.45) is 0 Å². The summed E-state index contributed by atoms with van der Waals surface area (Å²) < 4.78 is 0.933. The van der Waals surface area contributed by atoms with Crippen molar-refractivity contribution in [1.82, 2.24) is 0 Å². The fourth-order valence-corrected chi connectivity index (χ4v) is 2.40. The predicted octanol–water partition coefficient (Wildman–Crippen LogP) is 1.43. The molecule has 0 saturated heterocycles. The fourth-order valence-electron chi connectivity index (χ4n) is 2.40. The van der Waals surface area contributed by atoms with Crippen molar-refractivity contribution in [3.05, 3.63) is 59.7 Å². The summed E-state index contributed by atoms with van der Waals surface area (Å²) in [6, 6.07) is 17.9. The van der Waals surface area contributed by atoms with Gasteiger partial charge in [0.15, 0.2) is 0 Å². The van der Waals surface area contributed by atoms with Gasteiger partial charge in [-0.15, -0.1) is 0 Å². The van der Waals surface area contributed by atoms with Crippen molar-refractivity contribution in [3.8, 4) is 11.1 Å². The van der Waals surface area contributed by atoms with E-state index < -0.39 is 0 Å². The number of aryl methyl sites for hydroxylation is 1. The third-order valence-corrected chi connectivity index (χ3v) is 4.01. The van der Waals surface area contributed by atoms with E-state index in [1.807, 2.05) is 0 Å². The number of quaternary nitrogens is 1. The third-order valence-electron chi connectivity index (χ3n) is 4.01. The van der Waals surface area contributed by atoms with E-state index in [2.05, 4.69) is 83.5 Å². The van der Waals surface area contributed by atoms with Crippen LogP contribution in [0.4, 0.5) is 0 Å². The van der Waals surface area contributed by atoms with Gasteiger partial charge in [0.2, 0.25) is 0 Å². The summed E-state index contributed by atoms with van der Waals surface area (Å²) >= 11 is 0. The van der Waals surface area contributed by atoms with Crippen LogP contribution in [0.3, 0.4) is 0 Å². The van der Waals surface area contributed by atoms with E-state index in [0.717, 1.165) is 4.48 Å². The molecular weight excluding hydrogens is 357 g/mol. The standard InChI is InChI=1S/C18H24N.HI/c1-14-10-6-7-11-16(14)18-13-9-8-12-17(18)15(2)19(3,4)5;/h6-13,15H,1-5H3;1H/q+1;/p-1/t15-;/m0./s1. The van der Waals surface area contributed by atoms with Gasteiger partial charge in [-0.3, -0.25) is 0 Å². The van der Waals surface area contributed by atoms with Crippen LogP contribution in [-0.4, -0.2) is 25.6 Å². The van der Waals surface area contributed by atoms with Gasteiger partial charge in [-0.25, -0.2) is 0 Å². The van der Waals surface area contributed by atoms with E-state index in [0.29, 0.717) is 6.04 Å². The molecule has 0 heterocycles. The lowest BCUT2D eigenvalue weighted by Gasteiger charge is -2.33. The van der Waals surface area contributed by atoms with Gasteiger partial charge in [-0.2, -0.15) is 0 Å². The summed E-state index contributed by atoms with van der Waals surface area (Å²) in [7, 11) is 6.75. The van der Waals surface area contributed by atoms with Crippen molar-refractivity contribution in [2.75, 3.05) is 21.1 Å². The molecule has 2 heteroatoms. The van der Waals surface area contributed by atoms with Gasteiger partial charge in [0, 0.05) is 5.56 Å². The topological polar surface area (TPSA) is 0 Å². The maximum Gasteiger partial charge on any atom is 0.112 e. The fraction of sp³-hybridized carbons (Fsp3) is 0.333. The molecule has 0 N–H and O–H groups in total. The molecule has 1 nitrogen and oxygen atoms in total. The summed E-state index contributed by atoms with van der Waals surface area (Å²) in [5, 5.41) is 0. The quantitative estimate of drug-likeness (QED) is 0.558. The van der Waals surface area contributed by atoms with Gasteiger partial charge in [0.1, 0.15) is 6.04 Å². The van der Waals surface area contributed by atoms with Crippen molar-refractivity contribution in [2.45, 2.75) is 19.9 Å². The average Bonchev–Trinajstić information content (AvgIpc) is 2.37. The minimum Gasteiger partial charge on any atom is -1.00 e. The SMILES string of the molecule is Cc1ccccc1-c1ccccc1[C@H](C)[N+](C)(C)C.[I-]. The molecule has 0 aliphatic carbocycles. The molecular formula is C18H24IN. The Morgan fingerprint density at radius 2 is 1.30 bits per heavy atom. The molecule has 0 aliphatic heterocycles. The normalized spacial score (nSPS) is 12.7. The highest BCUT2D eigenvalue weighted by atomic mass is 127. The van der Waals surface area contributed by atoms with E-state index in [9.17, 15) is 0 Å². The largest absolute Gasteiger partial charge is 1.00 e. The first-order valence-electron chi connectivity index (χ1n) is 6.87. The van der Waals surface area contributed by atoms with E-state index in [4.69, 9.17) is 0 Å². The van der Waals surface area contributed by atoms with Crippen molar-refractivity contribution in [1.29, 1.82) is 0 Å². The number of halogens is 1. The Balaban J connectivity index is 0.00000200. The molecule has 0 fully saturated rings. The van der Waals surface area contributed by atoms with Crippen LogP contribution >= 0.6 is 0 Å². The molecule has 108 valence electrons. The summed E-state index contributed by atoms with van der Waals surface area (Å²) in [4.78, 5) is 0. The Hall–Kier alpha value is -0.870. The lowest BCUT2D eigenvalue weighted by Crippen LogP contribution is -3.00. The monoisotopic (exact) mass is 381 g/mol. The molecule has 0 spiro atoms. The van der Waals surface area contributed by atoms with E-state index in [1.165, 1.54) is 22.3 Å². The van der Waals surface area contributed by atoms with Crippen molar-refractivity contribution < 1.29 is 28.5 Å². The maximum absolute atomic E-state index is 2.30. The average molecular weight is 381 g/mol. The van der Waals surface area contributed by atoms with Crippen LogP contribution in [0.1, 0.15) is 24.1 Å². The van der Waals surface area contributed by atoms with E-state index >= 15 is 0 Å². The van der Waals surface area contributed by atoms with E-state index in [1.54, 1.807) is 0 Å². The molecule has 0 amide bonds. The van der Waals surface area contributed by atoms with E-state index in [-0.39, 0.29) is 24.0 Å². The summed E-state index contributed by atoms with van der Waals surface area (Å²) in [6.45, 7) is 4.49. The summed E-state index contributed by atoms with van der Waals surface area (Å²) in [6.07, 6.45) is 0. The molecule has 0 bridgehead atoms. The van der Waals surface area contributed by atoms with Crippen LogP contribution in [0.25, 0.3) is 11.1 Å². The Morgan fingerprint density at radius 3 is 1.85 bits per heavy atom. The van der Waals surface area contributed by atoms with Crippen LogP contribution in [0.2, 0.25) is 0 Å². The van der Waals surface area contributed by atoms with Crippen LogP contribution in [-0.2, 0) is 0 Å². The molecule has 20 heavy (non-hydrogen) atoms. The van der Waals surface area contributed by atoms with Crippen molar-refractivity contribution in [3.63, 3.8) is 0 Å². The molecule has 0 unspecified atom stereocenters. The molecule has 0 aliphatic rings. The van der Waals surface area contributed by atoms with Gasteiger partial charge in [0.25, 0.3) is 0 Å². The summed E-state index contributed by atoms with van der Waals surface area (Å²) in [5.41, 5.74) is 5.47. The lowest BCUT2D eigenvalue weighted by molar-refractivity contribution is -0.900. The smallest absolute Gasteiger partial charge is 0.112 e. The first-order chi connectivity index (χ1) is 8.91. The zero-order valence-corrected chi connectivity index (χ0v) is 15.2. The number of rotatable bonds is 3. The van der Waals surface area contributed by atoms with Crippen LogP contribution in [0.5, 0.6) is 0 Å². The molecule has 2 aromatic carbocycles. The third kappa shape index (κ3) is 3.61. The van der Waals surface area contributed by atoms with Gasteiger partial charge in [-0.1, -0.05) is 48.5 Å². The molecule has 0 radical (unpaired) electrons. The van der Waals surface area contributed by atoms with Crippen LogP contribution in [0.15, 0.2) is 48.5 Å². The Kier molecular flexibility index (Phi) is 5.78. The first kappa shape index (κ1) is 17.2. The Bertz CT molecular complexity index is 570. The first-order valence-corrected chi connectivity index (χ1v) is 6.87. The van der Waals surface area contributed by atoms with Gasteiger partial charge < -0.3 is 28.5 Å². The minimum absolute atomic E-state index is 0. The highest BCUT2D eigenvalue weighted by Crippen LogP contribution is 2.33. The molecule has 0 aromatic heterocycles. The second-order valence-electron chi connectivity index (χ2n) is 6.19. The molecule has 1 atom stereocenters. The Labute approximate surface area is 140 Å². The molecule has 2 rings (SSSR count). The van der Waals surface area contributed by atoms with Crippen molar-refractivity contribution >= 4 is 0 Å². The number of benzene rings is 2. The van der Waals surface area contributed by atoms with Crippen LogP contribution in [0, 0.1) is 6.92 Å². The van der Waals surface area contributed by atoms with Gasteiger partial charge in [-0.05, 0) is 30.5 Å². The lowest BCUT2D eigenvalue weighted by atomic mass is 9.92. The zero-order chi connectivity index (χ0) is 14.0. The highest BCUT2D eigenvalue weighted by Gasteiger charge is 2.23. The number of hydrogen-bond donors (Lipinski definition) is 0. The minimum atomic E-state index is 0. The number of hydrogen-bond acceptors (Lipinski definition) is 0. The second-order valence-corrected chi connectivity index (χ2v) is 6.19. The number of nitrogens with zero attached hydrogens (tertiary/aromatic N) is 1. The van der Waals surface area contributed by atoms with Crippen LogP contribution < -0.4 is 24.0 Å². The van der Waals surface area contributed by atoms with Gasteiger partial charge in [0.05, 0.1) is 21.1 Å². The second kappa shape index (κ2) is 6.72. The highest BCUT2D eigenvalue weighted by molar-refractivity contribution is 5.70.